The van der Waals surface area contributed by atoms with E-state index in [1.165, 1.54) is 5.56 Å². The third-order valence-corrected chi connectivity index (χ3v) is 3.61. The molecule has 1 atom stereocenters. The summed E-state index contributed by atoms with van der Waals surface area (Å²) in [6.45, 7) is 1.96. The minimum absolute atomic E-state index is 0.161. The summed E-state index contributed by atoms with van der Waals surface area (Å²) in [7, 11) is 0. The highest BCUT2D eigenvalue weighted by molar-refractivity contribution is 9.09. The van der Waals surface area contributed by atoms with E-state index in [-0.39, 0.29) is 4.83 Å². The van der Waals surface area contributed by atoms with Crippen LogP contribution in [0.5, 0.6) is 0 Å². The molecule has 0 saturated carbocycles. The van der Waals surface area contributed by atoms with Crippen molar-refractivity contribution in [2.24, 2.45) is 0 Å². The van der Waals surface area contributed by atoms with Crippen LogP contribution in [0.1, 0.15) is 21.7 Å². The molecule has 1 aromatic carbocycles. The van der Waals surface area contributed by atoms with Crippen LogP contribution in [0.15, 0.2) is 41.0 Å². The average molecular weight is 286 g/mol. The van der Waals surface area contributed by atoms with Crippen molar-refractivity contribution in [1.82, 2.24) is 0 Å². The predicted molar refractivity (Wildman–Crippen MR) is 65.7 cm³/mol. The van der Waals surface area contributed by atoms with Crippen LogP contribution in [0, 0.1) is 6.92 Å². The number of furan rings is 1. The SMILES string of the molecule is Cc1occc1C(Br)c1ccc(Cl)cc1. The molecule has 3 heteroatoms. The topological polar surface area (TPSA) is 13.1 Å². The third-order valence-electron chi connectivity index (χ3n) is 2.33. The summed E-state index contributed by atoms with van der Waals surface area (Å²) in [5.41, 5.74) is 2.32. The molecule has 0 amide bonds. The van der Waals surface area contributed by atoms with Crippen molar-refractivity contribution in [3.8, 4) is 0 Å². The molecular weight excluding hydrogens is 275 g/mol. The van der Waals surface area contributed by atoms with Crippen LogP contribution in [0.3, 0.4) is 0 Å². The first-order chi connectivity index (χ1) is 7.18. The molecule has 78 valence electrons. The molecule has 1 nitrogen and oxygen atoms in total. The molecule has 0 aliphatic carbocycles. The van der Waals surface area contributed by atoms with Crippen LogP contribution in [0.4, 0.5) is 0 Å². The minimum atomic E-state index is 0.161. The number of alkyl halides is 1. The summed E-state index contributed by atoms with van der Waals surface area (Å²) in [5.74, 6) is 0.937. The van der Waals surface area contributed by atoms with Gasteiger partial charge in [-0.2, -0.15) is 0 Å². The van der Waals surface area contributed by atoms with Crippen molar-refractivity contribution in [3.63, 3.8) is 0 Å². The van der Waals surface area contributed by atoms with Crippen LogP contribution < -0.4 is 0 Å². The standard InChI is InChI=1S/C12H10BrClO/c1-8-11(6-7-15-8)12(13)9-2-4-10(14)5-3-9/h2-7,12H,1H3. The van der Waals surface area contributed by atoms with Gasteiger partial charge in [0.2, 0.25) is 0 Å². The van der Waals surface area contributed by atoms with Gasteiger partial charge in [-0.05, 0) is 30.7 Å². The van der Waals surface area contributed by atoms with Crippen molar-refractivity contribution < 1.29 is 4.42 Å². The molecule has 0 spiro atoms. The van der Waals surface area contributed by atoms with Crippen LogP contribution in [-0.4, -0.2) is 0 Å². The van der Waals surface area contributed by atoms with Crippen LogP contribution >= 0.6 is 27.5 Å². The lowest BCUT2D eigenvalue weighted by Gasteiger charge is -2.09. The maximum absolute atomic E-state index is 5.84. The summed E-state index contributed by atoms with van der Waals surface area (Å²) >= 11 is 9.48. The molecule has 0 saturated heterocycles. The Morgan fingerprint density at radius 1 is 1.20 bits per heavy atom. The van der Waals surface area contributed by atoms with Crippen molar-refractivity contribution in [2.45, 2.75) is 11.8 Å². The Hall–Kier alpha value is -0.730. The number of aryl methyl sites for hydroxylation is 1. The first-order valence-electron chi connectivity index (χ1n) is 4.62. The second-order valence-corrected chi connectivity index (χ2v) is 4.70. The third kappa shape index (κ3) is 2.27. The maximum atomic E-state index is 5.84. The fraction of sp³-hybridized carbons (Fsp3) is 0.167. The zero-order chi connectivity index (χ0) is 10.8. The Bertz CT molecular complexity index is 447. The lowest BCUT2D eigenvalue weighted by atomic mass is 10.1. The first kappa shape index (κ1) is 10.8. The number of rotatable bonds is 2. The minimum Gasteiger partial charge on any atom is -0.469 e. The first-order valence-corrected chi connectivity index (χ1v) is 5.91. The monoisotopic (exact) mass is 284 g/mol. The molecular formula is C12H10BrClO. The summed E-state index contributed by atoms with van der Waals surface area (Å²) in [6.07, 6.45) is 1.70. The molecule has 2 rings (SSSR count). The number of hydrogen-bond acceptors (Lipinski definition) is 1. The average Bonchev–Trinajstić information content (AvgIpc) is 2.65. The molecule has 0 aliphatic heterocycles. The van der Waals surface area contributed by atoms with Gasteiger partial charge in [-0.25, -0.2) is 0 Å². The highest BCUT2D eigenvalue weighted by atomic mass is 79.9. The molecule has 15 heavy (non-hydrogen) atoms. The van der Waals surface area contributed by atoms with Gasteiger partial charge in [0.1, 0.15) is 5.76 Å². The molecule has 0 bridgehead atoms. The second-order valence-electron chi connectivity index (χ2n) is 3.35. The van der Waals surface area contributed by atoms with Crippen LogP contribution in [0.2, 0.25) is 5.02 Å². The highest BCUT2D eigenvalue weighted by Gasteiger charge is 2.14. The largest absolute Gasteiger partial charge is 0.469 e. The van der Waals surface area contributed by atoms with E-state index in [2.05, 4.69) is 15.9 Å². The van der Waals surface area contributed by atoms with Crippen molar-refractivity contribution in [1.29, 1.82) is 0 Å². The van der Waals surface area contributed by atoms with E-state index in [9.17, 15) is 0 Å². The molecule has 1 heterocycles. The van der Waals surface area contributed by atoms with E-state index in [0.29, 0.717) is 0 Å². The van der Waals surface area contributed by atoms with E-state index in [0.717, 1.165) is 16.3 Å². The normalized spacial score (nSPS) is 12.7. The molecule has 0 N–H and O–H groups in total. The summed E-state index contributed by atoms with van der Waals surface area (Å²) in [4.78, 5) is 0.161. The summed E-state index contributed by atoms with van der Waals surface area (Å²) in [5, 5.41) is 0.752. The number of benzene rings is 1. The summed E-state index contributed by atoms with van der Waals surface area (Å²) < 4.78 is 5.27. The lowest BCUT2D eigenvalue weighted by Crippen LogP contribution is -1.92. The fourth-order valence-corrected chi connectivity index (χ4v) is 2.38. The van der Waals surface area contributed by atoms with E-state index in [4.69, 9.17) is 16.0 Å². The van der Waals surface area contributed by atoms with Crippen LogP contribution in [-0.2, 0) is 0 Å². The van der Waals surface area contributed by atoms with Crippen LogP contribution in [0.25, 0.3) is 0 Å². The molecule has 2 aromatic rings. The number of hydrogen-bond donors (Lipinski definition) is 0. The van der Waals surface area contributed by atoms with E-state index >= 15 is 0 Å². The van der Waals surface area contributed by atoms with Gasteiger partial charge in [0.05, 0.1) is 11.1 Å². The van der Waals surface area contributed by atoms with Gasteiger partial charge >= 0.3 is 0 Å². The van der Waals surface area contributed by atoms with E-state index in [1.54, 1.807) is 6.26 Å². The number of halogens is 2. The zero-order valence-corrected chi connectivity index (χ0v) is 10.5. The van der Waals surface area contributed by atoms with Gasteiger partial charge in [-0.3, -0.25) is 0 Å². The maximum Gasteiger partial charge on any atom is 0.105 e. The molecule has 1 aromatic heterocycles. The second kappa shape index (κ2) is 4.42. The Balaban J connectivity index is 2.32. The van der Waals surface area contributed by atoms with E-state index < -0.39 is 0 Å². The van der Waals surface area contributed by atoms with Gasteiger partial charge in [0.25, 0.3) is 0 Å². The summed E-state index contributed by atoms with van der Waals surface area (Å²) in [6, 6.07) is 9.77. The van der Waals surface area contributed by atoms with Crippen molar-refractivity contribution in [2.75, 3.05) is 0 Å². The van der Waals surface area contributed by atoms with Crippen molar-refractivity contribution in [3.05, 3.63) is 58.5 Å². The molecule has 1 unspecified atom stereocenters. The van der Waals surface area contributed by atoms with Gasteiger partial charge in [0, 0.05) is 10.6 Å². The predicted octanol–water partition coefficient (Wildman–Crippen LogP) is 4.73. The Morgan fingerprint density at radius 2 is 1.87 bits per heavy atom. The molecule has 0 radical (unpaired) electrons. The van der Waals surface area contributed by atoms with Gasteiger partial charge in [-0.15, -0.1) is 0 Å². The lowest BCUT2D eigenvalue weighted by molar-refractivity contribution is 0.530. The fourth-order valence-electron chi connectivity index (χ4n) is 1.47. The Kier molecular flexibility index (Phi) is 3.17. The van der Waals surface area contributed by atoms with Crippen molar-refractivity contribution >= 4 is 27.5 Å². The zero-order valence-electron chi connectivity index (χ0n) is 8.21. The quantitative estimate of drug-likeness (QED) is 0.727. The van der Waals surface area contributed by atoms with E-state index in [1.807, 2.05) is 37.3 Å². The Morgan fingerprint density at radius 3 is 2.40 bits per heavy atom. The van der Waals surface area contributed by atoms with Gasteiger partial charge < -0.3 is 4.42 Å². The smallest absolute Gasteiger partial charge is 0.105 e. The molecule has 0 aliphatic rings. The highest BCUT2D eigenvalue weighted by Crippen LogP contribution is 2.33. The molecule has 0 fully saturated rings. The van der Waals surface area contributed by atoms with Gasteiger partial charge in [-0.1, -0.05) is 39.7 Å². The van der Waals surface area contributed by atoms with Gasteiger partial charge in [0.15, 0.2) is 0 Å². The Labute approximate surface area is 102 Å².